The van der Waals surface area contributed by atoms with Crippen LogP contribution in [0.2, 0.25) is 0 Å². The van der Waals surface area contributed by atoms with Crippen molar-refractivity contribution in [2.24, 2.45) is 7.05 Å². The van der Waals surface area contributed by atoms with Gasteiger partial charge in [0.15, 0.2) is 0 Å². The lowest BCUT2D eigenvalue weighted by atomic mass is 9.95. The average Bonchev–Trinajstić information content (AvgIpc) is 2.90. The van der Waals surface area contributed by atoms with E-state index in [0.717, 1.165) is 18.7 Å². The van der Waals surface area contributed by atoms with Gasteiger partial charge in [0.25, 0.3) is 0 Å². The van der Waals surface area contributed by atoms with Crippen molar-refractivity contribution < 1.29 is 4.79 Å². The molecule has 1 atom stereocenters. The molecule has 0 saturated carbocycles. The summed E-state index contributed by atoms with van der Waals surface area (Å²) in [5.74, 6) is 0.0326. The van der Waals surface area contributed by atoms with Crippen LogP contribution in [-0.4, -0.2) is 21.7 Å². The van der Waals surface area contributed by atoms with Crippen molar-refractivity contribution in [3.63, 3.8) is 0 Å². The molecule has 1 aromatic carbocycles. The summed E-state index contributed by atoms with van der Waals surface area (Å²) in [7, 11) is 1.87. The summed E-state index contributed by atoms with van der Waals surface area (Å²) in [6, 6.07) is 9.99. The van der Waals surface area contributed by atoms with Gasteiger partial charge in [-0.25, -0.2) is 0 Å². The van der Waals surface area contributed by atoms with Crippen LogP contribution in [0.4, 0.5) is 0 Å². The topological polar surface area (TPSA) is 59.0 Å². The van der Waals surface area contributed by atoms with Crippen molar-refractivity contribution in [3.05, 3.63) is 53.3 Å². The molecule has 5 heteroatoms. The molecule has 2 N–H and O–H groups in total. The van der Waals surface area contributed by atoms with E-state index in [1.165, 1.54) is 11.1 Å². The molecule has 0 spiro atoms. The molecular formula is C15H18N4O. The number of rotatable bonds is 3. The molecule has 1 unspecified atom stereocenters. The summed E-state index contributed by atoms with van der Waals surface area (Å²) in [6.45, 7) is 1.22. The van der Waals surface area contributed by atoms with Gasteiger partial charge in [0.1, 0.15) is 0 Å². The predicted molar refractivity (Wildman–Crippen MR) is 75.8 cm³/mol. The fourth-order valence-electron chi connectivity index (χ4n) is 2.50. The summed E-state index contributed by atoms with van der Waals surface area (Å²) in [4.78, 5) is 12.2. The summed E-state index contributed by atoms with van der Waals surface area (Å²) in [5, 5.41) is 10.5. The molecule has 1 aliphatic heterocycles. The van der Waals surface area contributed by atoms with Gasteiger partial charge < -0.3 is 10.6 Å². The number of carbonyl (C=O) groups is 1. The summed E-state index contributed by atoms with van der Waals surface area (Å²) >= 11 is 0. The number of amides is 1. The molecule has 0 bridgehead atoms. The smallest absolute Gasteiger partial charge is 0.237 e. The molecule has 0 radical (unpaired) electrons. The van der Waals surface area contributed by atoms with Crippen molar-refractivity contribution >= 4 is 5.91 Å². The van der Waals surface area contributed by atoms with Crippen molar-refractivity contribution in [1.29, 1.82) is 0 Å². The molecule has 0 aliphatic carbocycles. The largest absolute Gasteiger partial charge is 0.349 e. The Morgan fingerprint density at radius 2 is 2.20 bits per heavy atom. The van der Waals surface area contributed by atoms with Crippen LogP contribution in [0.15, 0.2) is 36.5 Å². The van der Waals surface area contributed by atoms with E-state index in [2.05, 4.69) is 27.9 Å². The van der Waals surface area contributed by atoms with E-state index in [4.69, 9.17) is 0 Å². The normalized spacial score (nSPS) is 17.6. The summed E-state index contributed by atoms with van der Waals surface area (Å²) in [5.41, 5.74) is 3.41. The Bertz CT molecular complexity index is 620. The van der Waals surface area contributed by atoms with Gasteiger partial charge in [-0.2, -0.15) is 5.10 Å². The summed E-state index contributed by atoms with van der Waals surface area (Å²) in [6.07, 6.45) is 2.61. The van der Waals surface area contributed by atoms with Crippen LogP contribution in [0.25, 0.3) is 0 Å². The van der Waals surface area contributed by atoms with E-state index in [-0.39, 0.29) is 11.9 Å². The Morgan fingerprint density at radius 3 is 2.95 bits per heavy atom. The first-order chi connectivity index (χ1) is 9.72. The average molecular weight is 270 g/mol. The molecule has 20 heavy (non-hydrogen) atoms. The van der Waals surface area contributed by atoms with Gasteiger partial charge in [0.05, 0.1) is 18.3 Å². The molecule has 2 heterocycles. The second-order valence-corrected chi connectivity index (χ2v) is 5.10. The molecule has 5 nitrogen and oxygen atoms in total. The maximum absolute atomic E-state index is 12.2. The molecule has 3 rings (SSSR count). The molecule has 1 aliphatic rings. The van der Waals surface area contributed by atoms with E-state index in [1.54, 1.807) is 4.68 Å². The lowest BCUT2D eigenvalue weighted by molar-refractivity contribution is -0.123. The Kier molecular flexibility index (Phi) is 3.52. The number of aromatic nitrogens is 2. The summed E-state index contributed by atoms with van der Waals surface area (Å²) < 4.78 is 1.73. The van der Waals surface area contributed by atoms with E-state index in [9.17, 15) is 4.79 Å². The quantitative estimate of drug-likeness (QED) is 0.865. The van der Waals surface area contributed by atoms with Crippen LogP contribution < -0.4 is 10.6 Å². The first-order valence-corrected chi connectivity index (χ1v) is 6.79. The first kappa shape index (κ1) is 12.9. The number of nitrogens with one attached hydrogen (secondary N) is 2. The van der Waals surface area contributed by atoms with Crippen LogP contribution in [0.5, 0.6) is 0 Å². The van der Waals surface area contributed by atoms with Crippen LogP contribution in [0.3, 0.4) is 0 Å². The van der Waals surface area contributed by atoms with E-state index in [0.29, 0.717) is 6.54 Å². The van der Waals surface area contributed by atoms with Crippen LogP contribution in [0.1, 0.15) is 16.8 Å². The highest BCUT2D eigenvalue weighted by Crippen LogP contribution is 2.16. The second kappa shape index (κ2) is 5.46. The molecule has 0 fully saturated rings. The van der Waals surface area contributed by atoms with Gasteiger partial charge in [-0.3, -0.25) is 9.48 Å². The van der Waals surface area contributed by atoms with Gasteiger partial charge in [0.2, 0.25) is 5.91 Å². The number of nitrogens with zero attached hydrogens (tertiary/aromatic N) is 2. The van der Waals surface area contributed by atoms with Crippen molar-refractivity contribution in [2.45, 2.75) is 25.6 Å². The SMILES string of the molecule is Cn1ccc(CNC(=O)C2Cc3ccccc3CN2)n1. The third kappa shape index (κ3) is 2.72. The Balaban J connectivity index is 1.59. The maximum atomic E-state index is 12.2. The first-order valence-electron chi connectivity index (χ1n) is 6.79. The fourth-order valence-corrected chi connectivity index (χ4v) is 2.50. The highest BCUT2D eigenvalue weighted by Gasteiger charge is 2.23. The number of fused-ring (bicyclic) bond motifs is 1. The van der Waals surface area contributed by atoms with Crippen molar-refractivity contribution in [3.8, 4) is 0 Å². The van der Waals surface area contributed by atoms with Gasteiger partial charge in [0, 0.05) is 19.8 Å². The Labute approximate surface area is 118 Å². The van der Waals surface area contributed by atoms with Crippen LogP contribution >= 0.6 is 0 Å². The number of benzene rings is 1. The minimum Gasteiger partial charge on any atom is -0.349 e. The molecule has 0 saturated heterocycles. The van der Waals surface area contributed by atoms with E-state index in [1.807, 2.05) is 31.4 Å². The van der Waals surface area contributed by atoms with Crippen LogP contribution in [-0.2, 0) is 31.4 Å². The molecule has 1 amide bonds. The van der Waals surface area contributed by atoms with Gasteiger partial charge in [-0.05, 0) is 23.6 Å². The fraction of sp³-hybridized carbons (Fsp3) is 0.333. The Morgan fingerprint density at radius 1 is 1.40 bits per heavy atom. The minimum absolute atomic E-state index is 0.0326. The lowest BCUT2D eigenvalue weighted by Gasteiger charge is -2.25. The molecule has 1 aromatic heterocycles. The number of aryl methyl sites for hydroxylation is 1. The molecule has 2 aromatic rings. The van der Waals surface area contributed by atoms with Gasteiger partial charge >= 0.3 is 0 Å². The van der Waals surface area contributed by atoms with Crippen LogP contribution in [0, 0.1) is 0 Å². The van der Waals surface area contributed by atoms with Crippen molar-refractivity contribution in [2.75, 3.05) is 0 Å². The van der Waals surface area contributed by atoms with Gasteiger partial charge in [-0.15, -0.1) is 0 Å². The monoisotopic (exact) mass is 270 g/mol. The third-order valence-corrected chi connectivity index (χ3v) is 3.61. The standard InChI is InChI=1S/C15H18N4O/c1-19-7-6-13(18-19)10-17-15(20)14-8-11-4-2-3-5-12(11)9-16-14/h2-7,14,16H,8-10H2,1H3,(H,17,20). The molecular weight excluding hydrogens is 252 g/mol. The Hall–Kier alpha value is -2.14. The molecule has 104 valence electrons. The predicted octanol–water partition coefficient (Wildman–Crippen LogP) is 0.751. The number of hydrogen-bond acceptors (Lipinski definition) is 3. The zero-order valence-corrected chi connectivity index (χ0v) is 11.5. The zero-order valence-electron chi connectivity index (χ0n) is 11.5. The van der Waals surface area contributed by atoms with Crippen molar-refractivity contribution in [1.82, 2.24) is 20.4 Å². The number of carbonyl (C=O) groups excluding carboxylic acids is 1. The zero-order chi connectivity index (χ0) is 13.9. The number of hydrogen-bond donors (Lipinski definition) is 2. The minimum atomic E-state index is -0.159. The van der Waals surface area contributed by atoms with E-state index >= 15 is 0 Å². The second-order valence-electron chi connectivity index (χ2n) is 5.10. The van der Waals surface area contributed by atoms with E-state index < -0.39 is 0 Å². The third-order valence-electron chi connectivity index (χ3n) is 3.61. The maximum Gasteiger partial charge on any atom is 0.237 e. The highest BCUT2D eigenvalue weighted by atomic mass is 16.2. The highest BCUT2D eigenvalue weighted by molar-refractivity contribution is 5.82. The lowest BCUT2D eigenvalue weighted by Crippen LogP contribution is -2.47. The van der Waals surface area contributed by atoms with Gasteiger partial charge in [-0.1, -0.05) is 24.3 Å².